The number of rotatable bonds is 3. The number of hydrogen-bond donors (Lipinski definition) is 0. The Morgan fingerprint density at radius 3 is 1.71 bits per heavy atom. The van der Waals surface area contributed by atoms with E-state index in [1.807, 2.05) is 6.20 Å². The molecule has 0 N–H and O–H groups in total. The third kappa shape index (κ3) is 3.25. The molecule has 3 heterocycles. The van der Waals surface area contributed by atoms with Crippen molar-refractivity contribution in [2.75, 3.05) is 0 Å². The molecule has 42 heavy (non-hydrogen) atoms. The monoisotopic (exact) mass is 535 g/mol. The Balaban J connectivity index is 1.29. The predicted molar refractivity (Wildman–Crippen MR) is 175 cm³/mol. The lowest BCUT2D eigenvalue weighted by Gasteiger charge is -2.15. The summed E-state index contributed by atoms with van der Waals surface area (Å²) < 4.78 is 4.72. The minimum Gasteiger partial charge on any atom is -0.309 e. The summed E-state index contributed by atoms with van der Waals surface area (Å²) in [6.45, 7) is 0. The molecule has 0 saturated carbocycles. The second kappa shape index (κ2) is 8.92. The maximum atomic E-state index is 4.96. The van der Waals surface area contributed by atoms with Gasteiger partial charge in [-0.05, 0) is 41.3 Å². The highest BCUT2D eigenvalue weighted by molar-refractivity contribution is 6.12. The quantitative estimate of drug-likeness (QED) is 0.206. The lowest BCUT2D eigenvalue weighted by Crippen LogP contribution is -1.97. The molecule has 0 saturated heterocycles. The third-order valence-electron chi connectivity index (χ3n) is 8.56. The standard InChI is InChI=1S/C39H25N3/c1-2-19-33-29(15-1)30-16-4-10-23-37(30)42-38(25-40-39(33)42)27-13-11-12-26(24-27)28-14-3-7-20-34(28)41-35-21-8-5-17-31(35)32-18-6-9-22-36(32)41/h1-25H. The van der Waals surface area contributed by atoms with Gasteiger partial charge in [0.2, 0.25) is 0 Å². The van der Waals surface area contributed by atoms with Crippen molar-refractivity contribution in [3.8, 4) is 28.1 Å². The molecule has 0 atom stereocenters. The third-order valence-corrected chi connectivity index (χ3v) is 8.56. The molecule has 3 nitrogen and oxygen atoms in total. The Labute approximate surface area is 242 Å². The number of benzene rings is 6. The van der Waals surface area contributed by atoms with Crippen LogP contribution < -0.4 is 0 Å². The maximum absolute atomic E-state index is 4.96. The first kappa shape index (κ1) is 23.1. The van der Waals surface area contributed by atoms with Gasteiger partial charge < -0.3 is 4.57 Å². The summed E-state index contributed by atoms with van der Waals surface area (Å²) >= 11 is 0. The van der Waals surface area contributed by atoms with E-state index in [2.05, 4.69) is 155 Å². The number of imidazole rings is 1. The van der Waals surface area contributed by atoms with E-state index in [4.69, 9.17) is 4.98 Å². The van der Waals surface area contributed by atoms with Crippen LogP contribution in [-0.4, -0.2) is 14.0 Å². The van der Waals surface area contributed by atoms with Gasteiger partial charge in [0.1, 0.15) is 5.65 Å². The van der Waals surface area contributed by atoms with Gasteiger partial charge in [-0.1, -0.05) is 115 Å². The molecule has 6 aromatic carbocycles. The van der Waals surface area contributed by atoms with E-state index in [0.717, 1.165) is 27.8 Å². The Hall–Kier alpha value is -5.67. The first-order chi connectivity index (χ1) is 20.9. The van der Waals surface area contributed by atoms with Crippen LogP contribution in [0.15, 0.2) is 152 Å². The van der Waals surface area contributed by atoms with Crippen molar-refractivity contribution < 1.29 is 0 Å². The number of pyridine rings is 1. The summed E-state index contributed by atoms with van der Waals surface area (Å²) in [6, 6.07) is 52.2. The molecule has 0 aliphatic heterocycles. The van der Waals surface area contributed by atoms with E-state index in [0.29, 0.717) is 0 Å². The van der Waals surface area contributed by atoms with Gasteiger partial charge in [-0.15, -0.1) is 0 Å². The summed E-state index contributed by atoms with van der Waals surface area (Å²) in [6.07, 6.45) is 2.02. The van der Waals surface area contributed by atoms with Gasteiger partial charge in [0.05, 0.1) is 34.1 Å². The van der Waals surface area contributed by atoms with E-state index in [-0.39, 0.29) is 0 Å². The first-order valence-electron chi connectivity index (χ1n) is 14.3. The summed E-state index contributed by atoms with van der Waals surface area (Å²) in [4.78, 5) is 4.96. The smallest absolute Gasteiger partial charge is 0.145 e. The van der Waals surface area contributed by atoms with Crippen LogP contribution in [0.25, 0.3) is 77.2 Å². The van der Waals surface area contributed by atoms with Crippen LogP contribution in [0.3, 0.4) is 0 Å². The van der Waals surface area contributed by atoms with Crippen molar-refractivity contribution in [2.45, 2.75) is 0 Å². The highest BCUT2D eigenvalue weighted by Crippen LogP contribution is 2.38. The Bertz CT molecular complexity index is 2420. The van der Waals surface area contributed by atoms with E-state index >= 15 is 0 Å². The average molecular weight is 536 g/mol. The van der Waals surface area contributed by atoms with Gasteiger partial charge in [-0.25, -0.2) is 4.98 Å². The molecule has 9 rings (SSSR count). The highest BCUT2D eigenvalue weighted by Gasteiger charge is 2.17. The Kier molecular flexibility index (Phi) is 4.90. The fourth-order valence-corrected chi connectivity index (χ4v) is 6.74. The summed E-state index contributed by atoms with van der Waals surface area (Å²) in [5.41, 5.74) is 10.3. The molecule has 196 valence electrons. The lowest BCUT2D eigenvalue weighted by atomic mass is 9.99. The molecule has 0 spiro atoms. The fraction of sp³-hybridized carbons (Fsp3) is 0. The van der Waals surface area contributed by atoms with Gasteiger partial charge in [0, 0.05) is 32.7 Å². The Morgan fingerprint density at radius 1 is 0.429 bits per heavy atom. The summed E-state index contributed by atoms with van der Waals surface area (Å²) in [5.74, 6) is 0. The Morgan fingerprint density at radius 2 is 0.976 bits per heavy atom. The molecule has 0 bridgehead atoms. The van der Waals surface area contributed by atoms with Gasteiger partial charge in [-0.2, -0.15) is 0 Å². The van der Waals surface area contributed by atoms with Crippen molar-refractivity contribution >= 4 is 49.1 Å². The zero-order valence-corrected chi connectivity index (χ0v) is 22.8. The van der Waals surface area contributed by atoms with E-state index < -0.39 is 0 Å². The van der Waals surface area contributed by atoms with Gasteiger partial charge >= 0.3 is 0 Å². The molecular weight excluding hydrogens is 510 g/mol. The van der Waals surface area contributed by atoms with E-state index in [1.165, 1.54) is 49.4 Å². The average Bonchev–Trinajstić information content (AvgIpc) is 3.66. The molecule has 9 aromatic rings. The minimum absolute atomic E-state index is 0.982. The molecule has 0 radical (unpaired) electrons. The topological polar surface area (TPSA) is 22.2 Å². The molecule has 3 heteroatoms. The molecule has 0 amide bonds. The largest absolute Gasteiger partial charge is 0.309 e. The van der Waals surface area contributed by atoms with Crippen molar-refractivity contribution in [3.05, 3.63) is 152 Å². The number of para-hydroxylation sites is 4. The van der Waals surface area contributed by atoms with Crippen molar-refractivity contribution in [3.63, 3.8) is 0 Å². The van der Waals surface area contributed by atoms with E-state index in [9.17, 15) is 0 Å². The van der Waals surface area contributed by atoms with Crippen LogP contribution in [0.5, 0.6) is 0 Å². The van der Waals surface area contributed by atoms with Crippen LogP contribution in [0.2, 0.25) is 0 Å². The number of nitrogens with zero attached hydrogens (tertiary/aromatic N) is 3. The molecule has 0 fully saturated rings. The van der Waals surface area contributed by atoms with Gasteiger partial charge in [-0.3, -0.25) is 4.40 Å². The predicted octanol–water partition coefficient (Wildman–Crippen LogP) is 10.1. The normalized spacial score (nSPS) is 11.8. The van der Waals surface area contributed by atoms with E-state index in [1.54, 1.807) is 0 Å². The van der Waals surface area contributed by atoms with Gasteiger partial charge in [0.25, 0.3) is 0 Å². The van der Waals surface area contributed by atoms with Crippen LogP contribution in [0, 0.1) is 0 Å². The highest BCUT2D eigenvalue weighted by atomic mass is 15.0. The second-order valence-corrected chi connectivity index (χ2v) is 10.8. The molecular formula is C39H25N3. The van der Waals surface area contributed by atoms with Crippen LogP contribution in [0.1, 0.15) is 0 Å². The SMILES string of the molecule is c1cc(-c2ccccc2-n2c3ccccc3c3ccccc32)cc(-c2cnc3c4ccccc4c4ccccc4n23)c1. The second-order valence-electron chi connectivity index (χ2n) is 10.8. The summed E-state index contributed by atoms with van der Waals surface area (Å²) in [7, 11) is 0. The van der Waals surface area contributed by atoms with Crippen molar-refractivity contribution in [2.24, 2.45) is 0 Å². The van der Waals surface area contributed by atoms with Crippen LogP contribution in [0.4, 0.5) is 0 Å². The maximum Gasteiger partial charge on any atom is 0.145 e. The molecule has 0 aliphatic carbocycles. The number of hydrogen-bond acceptors (Lipinski definition) is 1. The lowest BCUT2D eigenvalue weighted by molar-refractivity contribution is 1.18. The fourth-order valence-electron chi connectivity index (χ4n) is 6.74. The van der Waals surface area contributed by atoms with Gasteiger partial charge in [0.15, 0.2) is 0 Å². The molecule has 0 unspecified atom stereocenters. The zero-order chi connectivity index (χ0) is 27.6. The molecule has 3 aromatic heterocycles. The summed E-state index contributed by atoms with van der Waals surface area (Å²) in [5, 5.41) is 6.15. The van der Waals surface area contributed by atoms with Crippen LogP contribution in [-0.2, 0) is 0 Å². The van der Waals surface area contributed by atoms with Crippen molar-refractivity contribution in [1.29, 1.82) is 0 Å². The number of fused-ring (bicyclic) bond motifs is 9. The molecule has 0 aliphatic rings. The first-order valence-corrected chi connectivity index (χ1v) is 14.3. The zero-order valence-electron chi connectivity index (χ0n) is 22.8. The number of aromatic nitrogens is 3. The minimum atomic E-state index is 0.982. The van der Waals surface area contributed by atoms with Crippen molar-refractivity contribution in [1.82, 2.24) is 14.0 Å². The van der Waals surface area contributed by atoms with Crippen LogP contribution >= 0.6 is 0 Å².